The predicted molar refractivity (Wildman–Crippen MR) is 91.0 cm³/mol. The maximum absolute atomic E-state index is 13.8. The van der Waals surface area contributed by atoms with E-state index >= 15 is 0 Å². The monoisotopic (exact) mass is 358 g/mol. The second-order valence-electron chi connectivity index (χ2n) is 5.97. The van der Waals surface area contributed by atoms with Gasteiger partial charge >= 0.3 is 0 Å². The third-order valence-electron chi connectivity index (χ3n) is 4.32. The van der Waals surface area contributed by atoms with Gasteiger partial charge in [-0.3, -0.25) is 0 Å². The van der Waals surface area contributed by atoms with Crippen molar-refractivity contribution in [2.24, 2.45) is 0 Å². The van der Waals surface area contributed by atoms with Crippen LogP contribution in [-0.4, -0.2) is 23.4 Å². The number of nitrogens with zero attached hydrogens (tertiary/aromatic N) is 4. The molecule has 1 aromatic heterocycles. The van der Waals surface area contributed by atoms with Gasteiger partial charge in [-0.05, 0) is 44.2 Å². The molecule has 0 aliphatic carbocycles. The van der Waals surface area contributed by atoms with Gasteiger partial charge in [0.15, 0.2) is 0 Å². The number of aromatic nitrogens is 3. The minimum absolute atomic E-state index is 0.170. The Bertz CT molecular complexity index is 1060. The number of hydrogen-bond donors (Lipinski definition) is 0. The first-order valence-corrected chi connectivity index (χ1v) is 9.15. The lowest BCUT2D eigenvalue weighted by molar-refractivity contribution is 0.478. The number of anilines is 1. The fourth-order valence-corrected chi connectivity index (χ4v) is 4.69. The molecule has 8 heteroatoms. The lowest BCUT2D eigenvalue weighted by atomic mass is 10.1. The Balaban J connectivity index is 1.95. The highest BCUT2D eigenvalue weighted by molar-refractivity contribution is 7.92. The number of hydrogen-bond acceptors (Lipinski definition) is 4. The highest BCUT2D eigenvalue weighted by Crippen LogP contribution is 2.42. The molecular weight excluding hydrogens is 343 g/mol. The summed E-state index contributed by atoms with van der Waals surface area (Å²) in [6.07, 6.45) is 0.881. The molecule has 25 heavy (non-hydrogen) atoms. The average Bonchev–Trinajstić information content (AvgIpc) is 3.06. The van der Waals surface area contributed by atoms with Crippen LogP contribution in [0.4, 0.5) is 10.1 Å². The molecular formula is C17H15FN4O2S. The van der Waals surface area contributed by atoms with E-state index in [9.17, 15) is 12.8 Å². The molecule has 0 amide bonds. The zero-order valence-corrected chi connectivity index (χ0v) is 14.4. The number of sulfonamides is 1. The summed E-state index contributed by atoms with van der Waals surface area (Å²) in [4.78, 5) is 0.170. The number of rotatable bonds is 2. The van der Waals surface area contributed by atoms with Gasteiger partial charge < -0.3 is 0 Å². The number of benzene rings is 2. The Kier molecular flexibility index (Phi) is 3.40. The van der Waals surface area contributed by atoms with Gasteiger partial charge in [0.05, 0.1) is 22.5 Å². The lowest BCUT2D eigenvalue weighted by Gasteiger charge is -2.36. The number of aryl methyl sites for hydroxylation is 1. The molecule has 4 rings (SSSR count). The summed E-state index contributed by atoms with van der Waals surface area (Å²) in [5.41, 5.74) is 2.40. The molecule has 1 aliphatic rings. The van der Waals surface area contributed by atoms with Crippen LogP contribution < -0.4 is 4.31 Å². The molecule has 128 valence electrons. The molecule has 0 N–H and O–H groups in total. The molecule has 0 saturated heterocycles. The Labute approximate surface area is 144 Å². The van der Waals surface area contributed by atoms with Crippen molar-refractivity contribution in [3.63, 3.8) is 0 Å². The quantitative estimate of drug-likeness (QED) is 0.706. The second-order valence-corrected chi connectivity index (χ2v) is 7.79. The zero-order valence-electron chi connectivity index (χ0n) is 13.6. The molecule has 0 fully saturated rings. The maximum atomic E-state index is 13.8. The van der Waals surface area contributed by atoms with Crippen LogP contribution in [-0.2, 0) is 10.0 Å². The van der Waals surface area contributed by atoms with Gasteiger partial charge in [-0.2, -0.15) is 0 Å². The summed E-state index contributed by atoms with van der Waals surface area (Å²) in [7, 11) is -3.85. The predicted octanol–water partition coefficient (Wildman–Crippen LogP) is 3.12. The Morgan fingerprint density at radius 1 is 1.12 bits per heavy atom. The van der Waals surface area contributed by atoms with Gasteiger partial charge in [0.1, 0.15) is 12.0 Å². The van der Waals surface area contributed by atoms with Crippen LogP contribution in [0.25, 0.3) is 11.3 Å². The van der Waals surface area contributed by atoms with E-state index in [-0.39, 0.29) is 4.90 Å². The smallest absolute Gasteiger partial charge is 0.242 e. The van der Waals surface area contributed by atoms with Crippen LogP contribution in [0.1, 0.15) is 18.7 Å². The van der Waals surface area contributed by atoms with Gasteiger partial charge in [0, 0.05) is 5.56 Å². The van der Waals surface area contributed by atoms with Crippen LogP contribution >= 0.6 is 0 Å². The third-order valence-corrected chi connectivity index (χ3v) is 6.21. The first-order chi connectivity index (χ1) is 11.9. The molecule has 0 spiro atoms. The van der Waals surface area contributed by atoms with E-state index < -0.39 is 22.0 Å². The Morgan fingerprint density at radius 2 is 1.84 bits per heavy atom. The largest absolute Gasteiger partial charge is 0.266 e. The molecule has 1 atom stereocenters. The van der Waals surface area contributed by atoms with Crippen molar-refractivity contribution in [2.45, 2.75) is 24.9 Å². The van der Waals surface area contributed by atoms with Crippen molar-refractivity contribution < 1.29 is 12.8 Å². The van der Waals surface area contributed by atoms with Gasteiger partial charge in [-0.1, -0.05) is 22.9 Å². The topological polar surface area (TPSA) is 68.1 Å². The summed E-state index contributed by atoms with van der Waals surface area (Å²) in [5.74, 6) is -0.450. The molecule has 2 aromatic carbocycles. The number of fused-ring (bicyclic) bond motifs is 3. The average molecular weight is 358 g/mol. The van der Waals surface area contributed by atoms with Crippen molar-refractivity contribution in [3.8, 4) is 11.3 Å². The zero-order chi connectivity index (χ0) is 17.8. The van der Waals surface area contributed by atoms with Gasteiger partial charge in [-0.25, -0.2) is 21.8 Å². The lowest BCUT2D eigenvalue weighted by Crippen LogP contribution is -2.40. The maximum Gasteiger partial charge on any atom is 0.266 e. The van der Waals surface area contributed by atoms with Crippen molar-refractivity contribution >= 4 is 15.7 Å². The minimum atomic E-state index is -3.85. The van der Waals surface area contributed by atoms with Crippen LogP contribution in [0.5, 0.6) is 0 Å². The van der Waals surface area contributed by atoms with E-state index in [1.165, 1.54) is 33.4 Å². The Hall–Kier alpha value is -2.74. The minimum Gasteiger partial charge on any atom is -0.242 e. The molecule has 0 saturated carbocycles. The summed E-state index contributed by atoms with van der Waals surface area (Å²) in [6.45, 7) is 3.61. The SMILES string of the molecule is Cc1ccc(S(=O)(=O)N2c3ccc(F)cc3-c3cnnn3C2C)cc1. The second kappa shape index (κ2) is 5.38. The summed E-state index contributed by atoms with van der Waals surface area (Å²) in [6, 6.07) is 10.6. The van der Waals surface area contributed by atoms with E-state index in [0.29, 0.717) is 16.9 Å². The Morgan fingerprint density at radius 3 is 2.56 bits per heavy atom. The summed E-state index contributed by atoms with van der Waals surface area (Å²) >= 11 is 0. The van der Waals surface area contributed by atoms with Crippen LogP contribution in [0.2, 0.25) is 0 Å². The van der Waals surface area contributed by atoms with E-state index in [4.69, 9.17) is 0 Å². The highest BCUT2D eigenvalue weighted by Gasteiger charge is 2.37. The summed E-state index contributed by atoms with van der Waals surface area (Å²) in [5, 5.41) is 7.83. The van der Waals surface area contributed by atoms with Crippen molar-refractivity contribution in [2.75, 3.05) is 4.31 Å². The van der Waals surface area contributed by atoms with E-state index in [1.807, 2.05) is 6.92 Å². The van der Waals surface area contributed by atoms with E-state index in [1.54, 1.807) is 31.2 Å². The standard InChI is InChI=1S/C17H15FN4O2S/c1-11-3-6-14(7-4-11)25(23,24)22-12(2)21-17(10-19-20-21)15-9-13(18)5-8-16(15)22/h3-10,12H,1-2H3. The summed E-state index contributed by atoms with van der Waals surface area (Å²) < 4.78 is 43.0. The normalized spacial score (nSPS) is 16.4. The molecule has 1 aliphatic heterocycles. The highest BCUT2D eigenvalue weighted by atomic mass is 32.2. The van der Waals surface area contributed by atoms with Crippen molar-refractivity contribution in [1.29, 1.82) is 0 Å². The first-order valence-electron chi connectivity index (χ1n) is 7.71. The molecule has 0 bridgehead atoms. The van der Waals surface area contributed by atoms with Crippen LogP contribution in [0, 0.1) is 12.7 Å². The molecule has 2 heterocycles. The van der Waals surface area contributed by atoms with Crippen LogP contribution in [0.3, 0.4) is 0 Å². The fraction of sp³-hybridized carbons (Fsp3) is 0.176. The van der Waals surface area contributed by atoms with Gasteiger partial charge in [0.25, 0.3) is 10.0 Å². The van der Waals surface area contributed by atoms with E-state index in [2.05, 4.69) is 10.3 Å². The molecule has 0 radical (unpaired) electrons. The number of halogens is 1. The van der Waals surface area contributed by atoms with Crippen molar-refractivity contribution in [3.05, 3.63) is 60.0 Å². The van der Waals surface area contributed by atoms with Gasteiger partial charge in [-0.15, -0.1) is 5.10 Å². The third kappa shape index (κ3) is 2.32. The van der Waals surface area contributed by atoms with Crippen LogP contribution in [0.15, 0.2) is 53.6 Å². The van der Waals surface area contributed by atoms with Gasteiger partial charge in [0.2, 0.25) is 0 Å². The molecule has 1 unspecified atom stereocenters. The fourth-order valence-electron chi connectivity index (χ4n) is 3.07. The molecule has 3 aromatic rings. The molecule has 6 nitrogen and oxygen atoms in total. The first kappa shape index (κ1) is 15.8. The van der Waals surface area contributed by atoms with E-state index in [0.717, 1.165) is 5.56 Å². The van der Waals surface area contributed by atoms with Crippen molar-refractivity contribution in [1.82, 2.24) is 15.0 Å².